The molecule has 19 heavy (non-hydrogen) atoms. The van der Waals surface area contributed by atoms with E-state index in [1.807, 2.05) is 12.1 Å². The first-order chi connectivity index (χ1) is 9.02. The second kappa shape index (κ2) is 7.53. The van der Waals surface area contributed by atoms with E-state index in [1.165, 1.54) is 5.56 Å². The first kappa shape index (κ1) is 15.2. The maximum Gasteiger partial charge on any atom is 0.305 e. The highest BCUT2D eigenvalue weighted by Gasteiger charge is 2.16. The second-order valence-corrected chi connectivity index (χ2v) is 4.49. The Morgan fingerprint density at radius 3 is 2.47 bits per heavy atom. The van der Waals surface area contributed by atoms with Crippen molar-refractivity contribution in [1.82, 2.24) is 0 Å². The van der Waals surface area contributed by atoms with E-state index in [9.17, 15) is 9.59 Å². The van der Waals surface area contributed by atoms with E-state index in [1.54, 1.807) is 12.1 Å². The van der Waals surface area contributed by atoms with E-state index in [4.69, 9.17) is 10.8 Å². The maximum atomic E-state index is 11.6. The minimum absolute atomic E-state index is 0.375. The third-order valence-corrected chi connectivity index (χ3v) is 2.77. The Morgan fingerprint density at radius 2 is 1.95 bits per heavy atom. The van der Waals surface area contributed by atoms with Gasteiger partial charge in [0.05, 0.1) is 12.5 Å². The van der Waals surface area contributed by atoms with Crippen LogP contribution in [0, 0.1) is 0 Å². The molecule has 4 N–H and O–H groups in total. The zero-order valence-corrected chi connectivity index (χ0v) is 11.1. The van der Waals surface area contributed by atoms with E-state index in [2.05, 4.69) is 12.2 Å². The molecule has 5 nitrogen and oxygen atoms in total. The predicted molar refractivity (Wildman–Crippen MR) is 73.9 cm³/mol. The highest BCUT2D eigenvalue weighted by molar-refractivity contribution is 5.96. The van der Waals surface area contributed by atoms with Crippen molar-refractivity contribution in [2.75, 3.05) is 5.32 Å². The van der Waals surface area contributed by atoms with Crippen LogP contribution in [-0.2, 0) is 16.0 Å². The zero-order chi connectivity index (χ0) is 14.3. The molecule has 0 radical (unpaired) electrons. The van der Waals surface area contributed by atoms with Gasteiger partial charge in [-0.05, 0) is 30.5 Å². The number of unbranched alkanes of at least 4 members (excludes halogenated alkanes) is 1. The number of benzene rings is 1. The SMILES string of the molecule is CCCCc1ccc(NC(=O)C(N)CC(=O)O)cc1. The van der Waals surface area contributed by atoms with Crippen molar-refractivity contribution < 1.29 is 14.7 Å². The van der Waals surface area contributed by atoms with E-state index in [-0.39, 0.29) is 6.42 Å². The molecule has 1 aromatic rings. The Kier molecular flexibility index (Phi) is 6.02. The molecule has 0 aliphatic carbocycles. The van der Waals surface area contributed by atoms with Crippen molar-refractivity contribution in [2.24, 2.45) is 5.73 Å². The Morgan fingerprint density at radius 1 is 1.32 bits per heavy atom. The topological polar surface area (TPSA) is 92.4 Å². The molecule has 0 aliphatic rings. The number of aryl methyl sites for hydroxylation is 1. The summed E-state index contributed by atoms with van der Waals surface area (Å²) in [5.41, 5.74) is 7.32. The van der Waals surface area contributed by atoms with Gasteiger partial charge in [0.1, 0.15) is 0 Å². The average molecular weight is 264 g/mol. The highest BCUT2D eigenvalue weighted by atomic mass is 16.4. The van der Waals surface area contributed by atoms with Gasteiger partial charge in [-0.25, -0.2) is 0 Å². The lowest BCUT2D eigenvalue weighted by atomic mass is 10.1. The number of carboxylic acids is 1. The van der Waals surface area contributed by atoms with Gasteiger partial charge >= 0.3 is 5.97 Å². The summed E-state index contributed by atoms with van der Waals surface area (Å²) in [5.74, 6) is -1.57. The van der Waals surface area contributed by atoms with Gasteiger partial charge in [0, 0.05) is 5.69 Å². The van der Waals surface area contributed by atoms with Crippen LogP contribution in [0.5, 0.6) is 0 Å². The molecule has 1 unspecified atom stereocenters. The monoisotopic (exact) mass is 264 g/mol. The van der Waals surface area contributed by atoms with Crippen molar-refractivity contribution in [1.29, 1.82) is 0 Å². The van der Waals surface area contributed by atoms with Gasteiger partial charge < -0.3 is 16.2 Å². The van der Waals surface area contributed by atoms with Crippen molar-refractivity contribution >= 4 is 17.6 Å². The van der Waals surface area contributed by atoms with Gasteiger partial charge in [0.25, 0.3) is 0 Å². The number of aliphatic carboxylic acids is 1. The predicted octanol–water partition coefficient (Wildman–Crippen LogP) is 1.77. The van der Waals surface area contributed by atoms with E-state index >= 15 is 0 Å². The molecule has 1 aromatic carbocycles. The van der Waals surface area contributed by atoms with Crippen LogP contribution in [0.4, 0.5) is 5.69 Å². The Hall–Kier alpha value is -1.88. The van der Waals surface area contributed by atoms with Crippen LogP contribution in [0.2, 0.25) is 0 Å². The van der Waals surface area contributed by atoms with E-state index in [0.29, 0.717) is 5.69 Å². The van der Waals surface area contributed by atoms with Crippen LogP contribution in [0.25, 0.3) is 0 Å². The molecule has 5 heteroatoms. The fourth-order valence-corrected chi connectivity index (χ4v) is 1.65. The summed E-state index contributed by atoms with van der Waals surface area (Å²) in [6.07, 6.45) is 2.92. The number of rotatable bonds is 7. The fraction of sp³-hybridized carbons (Fsp3) is 0.429. The summed E-state index contributed by atoms with van der Waals surface area (Å²) in [6, 6.07) is 6.48. The van der Waals surface area contributed by atoms with Crippen LogP contribution in [-0.4, -0.2) is 23.0 Å². The summed E-state index contributed by atoms with van der Waals surface area (Å²) >= 11 is 0. The van der Waals surface area contributed by atoms with Gasteiger partial charge in [-0.2, -0.15) is 0 Å². The van der Waals surface area contributed by atoms with Gasteiger partial charge in [-0.3, -0.25) is 9.59 Å². The molecule has 1 amide bonds. The van der Waals surface area contributed by atoms with Crippen LogP contribution in [0.1, 0.15) is 31.7 Å². The molecule has 104 valence electrons. The molecule has 0 bridgehead atoms. The molecule has 1 rings (SSSR count). The van der Waals surface area contributed by atoms with Crippen LogP contribution in [0.15, 0.2) is 24.3 Å². The minimum atomic E-state index is -1.09. The summed E-state index contributed by atoms with van der Waals surface area (Å²) in [4.78, 5) is 22.1. The first-order valence-corrected chi connectivity index (χ1v) is 6.40. The Bertz CT molecular complexity index is 429. The quantitative estimate of drug-likeness (QED) is 0.699. The normalized spacial score (nSPS) is 11.9. The number of carbonyl (C=O) groups excluding carboxylic acids is 1. The van der Waals surface area contributed by atoms with Crippen molar-refractivity contribution in [2.45, 2.75) is 38.6 Å². The zero-order valence-electron chi connectivity index (χ0n) is 11.1. The van der Waals surface area contributed by atoms with Gasteiger partial charge in [0.2, 0.25) is 5.91 Å². The van der Waals surface area contributed by atoms with Crippen LogP contribution >= 0.6 is 0 Å². The lowest BCUT2D eigenvalue weighted by Gasteiger charge is -2.10. The van der Waals surface area contributed by atoms with E-state index in [0.717, 1.165) is 19.3 Å². The lowest BCUT2D eigenvalue weighted by molar-refractivity contribution is -0.138. The summed E-state index contributed by atoms with van der Waals surface area (Å²) < 4.78 is 0. The molecule has 0 fully saturated rings. The molecule has 0 spiro atoms. The third kappa shape index (κ3) is 5.52. The molecule has 0 aliphatic heterocycles. The number of nitrogens with two attached hydrogens (primary N) is 1. The first-order valence-electron chi connectivity index (χ1n) is 6.40. The maximum absolute atomic E-state index is 11.6. The third-order valence-electron chi connectivity index (χ3n) is 2.77. The van der Waals surface area contributed by atoms with E-state index < -0.39 is 17.9 Å². The lowest BCUT2D eigenvalue weighted by Crippen LogP contribution is -2.37. The van der Waals surface area contributed by atoms with Crippen molar-refractivity contribution in [3.05, 3.63) is 29.8 Å². The summed E-state index contributed by atoms with van der Waals surface area (Å²) in [6.45, 7) is 2.14. The van der Waals surface area contributed by atoms with Gasteiger partial charge in [0.15, 0.2) is 0 Å². The molecule has 1 atom stereocenters. The second-order valence-electron chi connectivity index (χ2n) is 4.49. The smallest absolute Gasteiger partial charge is 0.305 e. The standard InChI is InChI=1S/C14H20N2O3/c1-2-3-4-10-5-7-11(8-6-10)16-14(19)12(15)9-13(17)18/h5-8,12H,2-4,9,15H2,1H3,(H,16,19)(H,17,18). The minimum Gasteiger partial charge on any atom is -0.481 e. The molecule has 0 aromatic heterocycles. The number of anilines is 1. The molecule has 0 saturated heterocycles. The molecular weight excluding hydrogens is 244 g/mol. The highest BCUT2D eigenvalue weighted by Crippen LogP contribution is 2.12. The summed E-state index contributed by atoms with van der Waals surface area (Å²) in [5, 5.41) is 11.2. The number of carbonyl (C=O) groups is 2. The number of hydrogen-bond acceptors (Lipinski definition) is 3. The number of nitrogens with one attached hydrogen (secondary N) is 1. The number of amides is 1. The average Bonchev–Trinajstić information content (AvgIpc) is 2.37. The number of hydrogen-bond donors (Lipinski definition) is 3. The molecule has 0 saturated carbocycles. The van der Waals surface area contributed by atoms with Gasteiger partial charge in [-0.15, -0.1) is 0 Å². The van der Waals surface area contributed by atoms with Crippen LogP contribution in [0.3, 0.4) is 0 Å². The van der Waals surface area contributed by atoms with Gasteiger partial charge in [-0.1, -0.05) is 25.5 Å². The van der Waals surface area contributed by atoms with Crippen LogP contribution < -0.4 is 11.1 Å². The fourth-order valence-electron chi connectivity index (χ4n) is 1.65. The number of carboxylic acid groups (broad SMARTS) is 1. The molecular formula is C14H20N2O3. The molecule has 0 heterocycles. The Balaban J connectivity index is 2.52. The largest absolute Gasteiger partial charge is 0.481 e. The Labute approximate surface area is 112 Å². The van der Waals surface area contributed by atoms with Crippen molar-refractivity contribution in [3.8, 4) is 0 Å². The van der Waals surface area contributed by atoms with Crippen molar-refractivity contribution in [3.63, 3.8) is 0 Å². The summed E-state index contributed by atoms with van der Waals surface area (Å²) in [7, 11) is 0.